The van der Waals surface area contributed by atoms with E-state index < -0.39 is 10.0 Å². The Labute approximate surface area is 158 Å². The van der Waals surface area contributed by atoms with Crippen LogP contribution in [0.5, 0.6) is 0 Å². The Morgan fingerprint density at radius 2 is 1.92 bits per heavy atom. The van der Waals surface area contributed by atoms with Crippen molar-refractivity contribution < 1.29 is 8.42 Å². The van der Waals surface area contributed by atoms with Crippen LogP contribution in [0.2, 0.25) is 0 Å². The summed E-state index contributed by atoms with van der Waals surface area (Å²) in [5.41, 5.74) is 0.753. The third-order valence-electron chi connectivity index (χ3n) is 4.15. The zero-order valence-corrected chi connectivity index (χ0v) is 16.1. The molecule has 26 heavy (non-hydrogen) atoms. The van der Waals surface area contributed by atoms with Crippen LogP contribution in [-0.4, -0.2) is 41.5 Å². The number of anilines is 2. The smallest absolute Gasteiger partial charge is 0.264 e. The highest BCUT2D eigenvalue weighted by atomic mass is 32.2. The Bertz CT molecular complexity index is 856. The lowest BCUT2D eigenvalue weighted by Gasteiger charge is -2.33. The number of hydrogen-bond donors (Lipinski definition) is 2. The van der Waals surface area contributed by atoms with E-state index in [0.29, 0.717) is 11.0 Å². The van der Waals surface area contributed by atoms with E-state index in [9.17, 15) is 8.42 Å². The second-order valence-corrected chi connectivity index (χ2v) is 8.39. The predicted octanol–water partition coefficient (Wildman–Crippen LogP) is 2.71. The molecule has 0 saturated carbocycles. The number of hydrogen-bond acceptors (Lipinski definition) is 5. The van der Waals surface area contributed by atoms with Crippen LogP contribution in [0.15, 0.2) is 47.6 Å². The van der Waals surface area contributed by atoms with Gasteiger partial charge in [0.15, 0.2) is 5.11 Å². The molecule has 1 aromatic heterocycles. The lowest BCUT2D eigenvalue weighted by Crippen LogP contribution is -2.41. The zero-order chi connectivity index (χ0) is 18.6. The summed E-state index contributed by atoms with van der Waals surface area (Å²) < 4.78 is 27.1. The lowest BCUT2D eigenvalue weighted by atomic mass is 10.0. The van der Waals surface area contributed by atoms with Crippen molar-refractivity contribution in [2.45, 2.75) is 24.7 Å². The first-order chi connectivity index (χ1) is 12.4. The molecular weight excluding hydrogens is 370 g/mol. The van der Waals surface area contributed by atoms with Gasteiger partial charge in [0.05, 0.1) is 4.90 Å². The molecule has 0 amide bonds. The summed E-state index contributed by atoms with van der Waals surface area (Å²) in [5.74, 6) is 0.664. The minimum Gasteiger partial charge on any atom is -0.349 e. The van der Waals surface area contributed by atoms with Gasteiger partial charge in [0.1, 0.15) is 0 Å². The highest BCUT2D eigenvalue weighted by Gasteiger charge is 2.19. The average Bonchev–Trinajstić information content (AvgIpc) is 2.62. The van der Waals surface area contributed by atoms with Crippen molar-refractivity contribution in [1.29, 1.82) is 0 Å². The Morgan fingerprint density at radius 1 is 1.23 bits per heavy atom. The van der Waals surface area contributed by atoms with E-state index in [-0.39, 0.29) is 10.8 Å². The summed E-state index contributed by atoms with van der Waals surface area (Å²) in [6, 6.07) is 8.05. The van der Waals surface area contributed by atoms with E-state index >= 15 is 0 Å². The minimum atomic E-state index is -3.73. The van der Waals surface area contributed by atoms with Gasteiger partial charge in [0, 0.05) is 31.2 Å². The molecule has 1 atom stereocenters. The van der Waals surface area contributed by atoms with Crippen molar-refractivity contribution in [3.05, 3.63) is 42.7 Å². The molecule has 7 nitrogen and oxygen atoms in total. The van der Waals surface area contributed by atoms with Crippen LogP contribution in [0.1, 0.15) is 19.8 Å². The molecule has 138 valence electrons. The van der Waals surface area contributed by atoms with Gasteiger partial charge < -0.3 is 10.2 Å². The predicted molar refractivity (Wildman–Crippen MR) is 105 cm³/mol. The number of benzene rings is 1. The van der Waals surface area contributed by atoms with Crippen LogP contribution >= 0.6 is 12.2 Å². The van der Waals surface area contributed by atoms with Gasteiger partial charge in [-0.2, -0.15) is 0 Å². The molecule has 2 heterocycles. The highest BCUT2D eigenvalue weighted by Crippen LogP contribution is 2.19. The number of nitrogens with zero attached hydrogens (tertiary/aromatic N) is 3. The fourth-order valence-electron chi connectivity index (χ4n) is 2.82. The Kier molecular flexibility index (Phi) is 5.67. The van der Waals surface area contributed by atoms with E-state index in [0.717, 1.165) is 25.2 Å². The van der Waals surface area contributed by atoms with Gasteiger partial charge in [-0.25, -0.2) is 23.1 Å². The molecule has 1 fully saturated rings. The topological polar surface area (TPSA) is 87.2 Å². The van der Waals surface area contributed by atoms with E-state index in [1.807, 2.05) is 0 Å². The first kappa shape index (κ1) is 18.5. The van der Waals surface area contributed by atoms with Gasteiger partial charge in [-0.05, 0) is 61.3 Å². The van der Waals surface area contributed by atoms with Gasteiger partial charge in [-0.15, -0.1) is 0 Å². The number of nitrogens with one attached hydrogen (secondary N) is 2. The molecule has 0 radical (unpaired) electrons. The Balaban J connectivity index is 1.65. The van der Waals surface area contributed by atoms with E-state index in [1.165, 1.54) is 30.9 Å². The molecule has 0 aliphatic carbocycles. The third kappa shape index (κ3) is 4.67. The fourth-order valence-corrected chi connectivity index (χ4v) is 4.07. The Hall–Kier alpha value is -2.26. The summed E-state index contributed by atoms with van der Waals surface area (Å²) in [4.78, 5) is 10.0. The number of sulfonamides is 1. The maximum absolute atomic E-state index is 12.4. The number of piperidine rings is 1. The maximum Gasteiger partial charge on any atom is 0.264 e. The maximum atomic E-state index is 12.4. The van der Waals surface area contributed by atoms with Gasteiger partial charge in [0.25, 0.3) is 10.0 Å². The van der Waals surface area contributed by atoms with Gasteiger partial charge in [0.2, 0.25) is 5.95 Å². The number of aromatic nitrogens is 2. The molecule has 1 saturated heterocycles. The lowest BCUT2D eigenvalue weighted by molar-refractivity contribution is 0.276. The number of thiocarbonyl (C=S) groups is 1. The molecule has 0 bridgehead atoms. The quantitative estimate of drug-likeness (QED) is 0.775. The molecule has 2 N–H and O–H groups in total. The summed E-state index contributed by atoms with van der Waals surface area (Å²) in [6.07, 6.45) is 5.30. The SMILES string of the molecule is C[C@@H]1CCCN(C(=S)Nc2ccc(S(=O)(=O)Nc3ncccn3)cc2)C1. The normalized spacial score (nSPS) is 17.6. The molecular formula is C17H21N5O2S2. The van der Waals surface area contributed by atoms with Crippen LogP contribution in [0, 0.1) is 5.92 Å². The summed E-state index contributed by atoms with van der Waals surface area (Å²) in [6.45, 7) is 4.11. The van der Waals surface area contributed by atoms with Gasteiger partial charge >= 0.3 is 0 Å². The molecule has 3 rings (SSSR count). The van der Waals surface area contributed by atoms with E-state index in [1.54, 1.807) is 18.2 Å². The molecule has 1 aliphatic heterocycles. The summed E-state index contributed by atoms with van der Waals surface area (Å²) in [5, 5.41) is 3.85. The van der Waals surface area contributed by atoms with Crippen LogP contribution in [0.3, 0.4) is 0 Å². The highest BCUT2D eigenvalue weighted by molar-refractivity contribution is 7.92. The molecule has 0 spiro atoms. The molecule has 2 aromatic rings. The largest absolute Gasteiger partial charge is 0.349 e. The molecule has 1 aliphatic rings. The monoisotopic (exact) mass is 391 g/mol. The average molecular weight is 392 g/mol. The van der Waals surface area contributed by atoms with Crippen molar-refractivity contribution in [3.8, 4) is 0 Å². The second-order valence-electron chi connectivity index (χ2n) is 6.33. The van der Waals surface area contributed by atoms with Crippen LogP contribution in [0.4, 0.5) is 11.6 Å². The van der Waals surface area contributed by atoms with Gasteiger partial charge in [-0.1, -0.05) is 6.92 Å². The van der Waals surface area contributed by atoms with Crippen LogP contribution in [0.25, 0.3) is 0 Å². The zero-order valence-electron chi connectivity index (χ0n) is 14.4. The second kappa shape index (κ2) is 7.96. The Morgan fingerprint density at radius 3 is 2.58 bits per heavy atom. The van der Waals surface area contributed by atoms with Crippen LogP contribution in [-0.2, 0) is 10.0 Å². The molecule has 1 aromatic carbocycles. The van der Waals surface area contributed by atoms with Crippen molar-refractivity contribution in [2.75, 3.05) is 23.1 Å². The fraction of sp³-hybridized carbons (Fsp3) is 0.353. The van der Waals surface area contributed by atoms with Gasteiger partial charge in [-0.3, -0.25) is 0 Å². The standard InChI is InChI=1S/C17H21N5O2S2/c1-13-4-2-11-22(12-13)17(25)20-14-5-7-15(8-6-14)26(23,24)21-16-18-9-3-10-19-16/h3,5-10,13H,2,4,11-12H2,1H3,(H,20,25)(H,18,19,21)/t13-/m1/s1. The van der Waals surface area contributed by atoms with Crippen molar-refractivity contribution in [2.24, 2.45) is 5.92 Å². The third-order valence-corrected chi connectivity index (χ3v) is 5.86. The number of likely N-dealkylation sites (tertiary alicyclic amines) is 1. The van der Waals surface area contributed by atoms with Crippen molar-refractivity contribution in [1.82, 2.24) is 14.9 Å². The van der Waals surface area contributed by atoms with Crippen molar-refractivity contribution >= 4 is 39.0 Å². The molecule has 9 heteroatoms. The van der Waals surface area contributed by atoms with Crippen molar-refractivity contribution in [3.63, 3.8) is 0 Å². The number of rotatable bonds is 4. The van der Waals surface area contributed by atoms with E-state index in [2.05, 4.69) is 31.8 Å². The summed E-state index contributed by atoms with van der Waals surface area (Å²) in [7, 11) is -3.73. The molecule has 0 unspecified atom stereocenters. The minimum absolute atomic E-state index is 0.0371. The van der Waals surface area contributed by atoms with E-state index in [4.69, 9.17) is 12.2 Å². The first-order valence-electron chi connectivity index (χ1n) is 8.40. The first-order valence-corrected chi connectivity index (χ1v) is 10.3. The summed E-state index contributed by atoms with van der Waals surface area (Å²) >= 11 is 5.47. The van der Waals surface area contributed by atoms with Crippen LogP contribution < -0.4 is 10.0 Å².